The number of hydrogen-bond acceptors (Lipinski definition) is 9. The number of nitrogens with zero attached hydrogens (tertiary/aromatic N) is 7. The highest BCUT2D eigenvalue weighted by atomic mass is 16.5. The van der Waals surface area contributed by atoms with E-state index in [2.05, 4.69) is 21.5 Å². The van der Waals surface area contributed by atoms with Gasteiger partial charge >= 0.3 is 6.03 Å². The van der Waals surface area contributed by atoms with E-state index in [4.69, 9.17) is 14.7 Å². The second-order valence-corrected chi connectivity index (χ2v) is 12.4. The summed E-state index contributed by atoms with van der Waals surface area (Å²) in [5, 5.41) is 13.8. The molecular formula is C34H34N8O4. The normalized spacial score (nSPS) is 19.5. The summed E-state index contributed by atoms with van der Waals surface area (Å²) in [5.41, 5.74) is 6.78. The number of pyridine rings is 2. The van der Waals surface area contributed by atoms with Gasteiger partial charge in [0, 0.05) is 66.0 Å². The van der Waals surface area contributed by atoms with Crippen LogP contribution in [-0.4, -0.2) is 73.1 Å². The molecule has 0 spiro atoms. The molecule has 12 nitrogen and oxygen atoms in total. The molecule has 46 heavy (non-hydrogen) atoms. The van der Waals surface area contributed by atoms with Crippen LogP contribution in [0.4, 0.5) is 16.2 Å². The van der Waals surface area contributed by atoms with Crippen LogP contribution in [0.5, 0.6) is 5.75 Å². The van der Waals surface area contributed by atoms with Gasteiger partial charge in [-0.3, -0.25) is 19.6 Å². The average molecular weight is 619 g/mol. The number of carbonyl (C=O) groups excluding carboxylic acids is 2. The van der Waals surface area contributed by atoms with Crippen LogP contribution in [-0.2, 0) is 11.3 Å². The van der Waals surface area contributed by atoms with E-state index in [-0.39, 0.29) is 43.5 Å². The van der Waals surface area contributed by atoms with Crippen molar-refractivity contribution in [3.05, 3.63) is 83.5 Å². The molecule has 3 fully saturated rings. The van der Waals surface area contributed by atoms with E-state index in [1.165, 1.54) is 11.9 Å². The Morgan fingerprint density at radius 1 is 1.04 bits per heavy atom. The van der Waals surface area contributed by atoms with Gasteiger partial charge in [0.05, 0.1) is 30.0 Å². The largest absolute Gasteiger partial charge is 0.490 e. The fraction of sp³-hybridized carbons (Fsp3) is 0.353. The number of urea groups is 1. The maximum absolute atomic E-state index is 12.9. The number of aryl methyl sites for hydroxylation is 1. The lowest BCUT2D eigenvalue weighted by Gasteiger charge is -2.17. The summed E-state index contributed by atoms with van der Waals surface area (Å²) in [7, 11) is 1.51. The first-order valence-electron chi connectivity index (χ1n) is 15.7. The minimum Gasteiger partial charge on any atom is -0.490 e. The number of fused-ring (bicyclic) bond motifs is 2. The predicted molar refractivity (Wildman–Crippen MR) is 171 cm³/mol. The molecule has 4 aromatic heterocycles. The first-order valence-corrected chi connectivity index (χ1v) is 15.7. The molecule has 3 amide bonds. The van der Waals surface area contributed by atoms with E-state index < -0.39 is 0 Å². The SMILES string of the molecule is Cc1ccnc([C@H]2C[C@@H]2c2cc(OCCO)c3ccc(NCc4cn5cc(C6CC6)cc(N6CC(=O)N(C)C6=O)c5n4)cc3n2)n1. The van der Waals surface area contributed by atoms with Gasteiger partial charge < -0.3 is 19.6 Å². The summed E-state index contributed by atoms with van der Waals surface area (Å²) >= 11 is 0. The van der Waals surface area contributed by atoms with Crippen molar-refractivity contribution >= 4 is 39.9 Å². The van der Waals surface area contributed by atoms with E-state index in [1.807, 2.05) is 53.9 Å². The number of aromatic nitrogens is 5. The Morgan fingerprint density at radius 2 is 1.91 bits per heavy atom. The van der Waals surface area contributed by atoms with Crippen molar-refractivity contribution in [3.8, 4) is 5.75 Å². The third-order valence-corrected chi connectivity index (χ3v) is 9.06. The molecule has 234 valence electrons. The van der Waals surface area contributed by atoms with Gasteiger partial charge in [-0.1, -0.05) is 0 Å². The Hall–Kier alpha value is -5.10. The van der Waals surface area contributed by atoms with Gasteiger partial charge in [0.1, 0.15) is 24.7 Å². The molecule has 8 rings (SSSR count). The Kier molecular flexibility index (Phi) is 6.82. The number of anilines is 2. The summed E-state index contributed by atoms with van der Waals surface area (Å²) in [4.78, 5) is 46.9. The lowest BCUT2D eigenvalue weighted by molar-refractivity contribution is -0.123. The zero-order valence-electron chi connectivity index (χ0n) is 25.7. The molecule has 12 heteroatoms. The third-order valence-electron chi connectivity index (χ3n) is 9.06. The lowest BCUT2D eigenvalue weighted by Crippen LogP contribution is -2.30. The van der Waals surface area contributed by atoms with E-state index in [0.29, 0.717) is 29.5 Å². The summed E-state index contributed by atoms with van der Waals surface area (Å²) in [6, 6.07) is 11.5. The zero-order valence-corrected chi connectivity index (χ0v) is 25.7. The molecule has 2 saturated carbocycles. The number of aliphatic hydroxyl groups is 1. The summed E-state index contributed by atoms with van der Waals surface area (Å²) in [5.74, 6) is 2.18. The Balaban J connectivity index is 1.07. The van der Waals surface area contributed by atoms with Crippen LogP contribution in [0.2, 0.25) is 0 Å². The maximum atomic E-state index is 12.9. The summed E-state index contributed by atoms with van der Waals surface area (Å²) in [6.45, 7) is 2.54. The molecule has 2 aliphatic carbocycles. The highest BCUT2D eigenvalue weighted by molar-refractivity contribution is 6.13. The van der Waals surface area contributed by atoms with Crippen LogP contribution in [0.15, 0.2) is 55.0 Å². The van der Waals surface area contributed by atoms with Gasteiger partial charge in [0.25, 0.3) is 0 Å². The van der Waals surface area contributed by atoms with E-state index in [9.17, 15) is 14.7 Å². The Morgan fingerprint density at radius 3 is 2.67 bits per heavy atom. The van der Waals surface area contributed by atoms with E-state index in [1.54, 1.807) is 6.20 Å². The third kappa shape index (κ3) is 5.18. The number of nitrogens with one attached hydrogen (secondary N) is 1. The number of hydrogen-bond donors (Lipinski definition) is 2. The number of carbonyl (C=O) groups is 2. The topological polar surface area (TPSA) is 138 Å². The number of aliphatic hydroxyl groups excluding tert-OH is 1. The van der Waals surface area contributed by atoms with E-state index in [0.717, 1.165) is 69.2 Å². The molecule has 2 atom stereocenters. The van der Waals surface area contributed by atoms with Crippen LogP contribution in [0.25, 0.3) is 16.6 Å². The molecule has 0 radical (unpaired) electrons. The van der Waals surface area contributed by atoms with Crippen LogP contribution in [0, 0.1) is 6.92 Å². The van der Waals surface area contributed by atoms with Crippen molar-refractivity contribution in [1.29, 1.82) is 0 Å². The Bertz CT molecular complexity index is 2020. The quantitative estimate of drug-likeness (QED) is 0.217. The van der Waals surface area contributed by atoms with Gasteiger partial charge in [0.2, 0.25) is 5.91 Å². The molecule has 1 aliphatic heterocycles. The van der Waals surface area contributed by atoms with Crippen molar-refractivity contribution in [2.75, 3.05) is 37.0 Å². The van der Waals surface area contributed by atoms with Crippen LogP contribution < -0.4 is 15.0 Å². The number of imide groups is 1. The van der Waals surface area contributed by atoms with E-state index >= 15 is 0 Å². The van der Waals surface area contributed by atoms with Crippen molar-refractivity contribution < 1.29 is 19.4 Å². The molecule has 5 heterocycles. The fourth-order valence-corrected chi connectivity index (χ4v) is 6.30. The lowest BCUT2D eigenvalue weighted by atomic mass is 10.1. The minimum absolute atomic E-state index is 0.00919. The van der Waals surface area contributed by atoms with Gasteiger partial charge in [-0.2, -0.15) is 0 Å². The highest BCUT2D eigenvalue weighted by Crippen LogP contribution is 2.54. The van der Waals surface area contributed by atoms with Crippen molar-refractivity contribution in [1.82, 2.24) is 29.2 Å². The number of amides is 3. The van der Waals surface area contributed by atoms with Crippen molar-refractivity contribution in [3.63, 3.8) is 0 Å². The van der Waals surface area contributed by atoms with Crippen LogP contribution >= 0.6 is 0 Å². The Labute approximate surface area is 265 Å². The summed E-state index contributed by atoms with van der Waals surface area (Å²) in [6.07, 6.45) is 9.02. The van der Waals surface area contributed by atoms with Gasteiger partial charge in [-0.25, -0.2) is 19.7 Å². The number of imidazole rings is 1. The minimum atomic E-state index is -0.336. The van der Waals surface area contributed by atoms with Gasteiger partial charge in [-0.15, -0.1) is 0 Å². The molecular weight excluding hydrogens is 584 g/mol. The number of likely N-dealkylation sites (N-methyl/N-ethyl adjacent to an activating group) is 1. The van der Waals surface area contributed by atoms with Crippen molar-refractivity contribution in [2.24, 2.45) is 0 Å². The van der Waals surface area contributed by atoms with Gasteiger partial charge in [-0.05, 0) is 68.0 Å². The summed E-state index contributed by atoms with van der Waals surface area (Å²) < 4.78 is 7.92. The van der Waals surface area contributed by atoms with Gasteiger partial charge in [0.15, 0.2) is 5.65 Å². The monoisotopic (exact) mass is 618 g/mol. The second kappa shape index (κ2) is 11.1. The standard InChI is InChI=1S/C34H34N8O4/c1-19-7-8-35-32(37-19)26-13-25(26)28-14-30(46-10-9-43)24-6-5-22(12-27(24)39-28)36-15-23-17-41-16-21(20-3-4-20)11-29(33(41)38-23)42-18-31(44)40(2)34(42)45/h5-8,11-12,14,16-17,20,25-26,36,43H,3-4,9-10,13,15,18H2,1-2H3/t25-,26-/m0/s1. The molecule has 3 aliphatic rings. The number of ether oxygens (including phenoxy) is 1. The first kappa shape index (κ1) is 28.4. The highest BCUT2D eigenvalue weighted by Gasteiger charge is 2.43. The molecule has 1 saturated heterocycles. The first-order chi connectivity index (χ1) is 22.4. The number of rotatable bonds is 10. The maximum Gasteiger partial charge on any atom is 0.331 e. The van der Waals surface area contributed by atoms with Crippen LogP contribution in [0.3, 0.4) is 0 Å². The predicted octanol–water partition coefficient (Wildman–Crippen LogP) is 4.51. The second-order valence-electron chi connectivity index (χ2n) is 12.4. The zero-order chi connectivity index (χ0) is 31.5. The smallest absolute Gasteiger partial charge is 0.331 e. The molecule has 0 bridgehead atoms. The molecule has 1 aromatic carbocycles. The molecule has 5 aromatic rings. The average Bonchev–Trinajstić information content (AvgIpc) is 3.99. The number of benzene rings is 1. The molecule has 2 N–H and O–H groups in total. The fourth-order valence-electron chi connectivity index (χ4n) is 6.30. The molecule has 0 unspecified atom stereocenters. The van der Waals surface area contributed by atoms with Crippen LogP contribution in [0.1, 0.15) is 65.5 Å². The van der Waals surface area contributed by atoms with Crippen molar-refractivity contribution in [2.45, 2.75) is 50.5 Å².